The number of H-pyrrole nitrogens is 1. The van der Waals surface area contributed by atoms with E-state index < -0.39 is 10.8 Å². The van der Waals surface area contributed by atoms with Gasteiger partial charge in [-0.2, -0.15) is 5.10 Å². The lowest BCUT2D eigenvalue weighted by Crippen LogP contribution is -2.13. The number of hydrogen-bond acceptors (Lipinski definition) is 4. The van der Waals surface area contributed by atoms with E-state index in [0.29, 0.717) is 5.69 Å². The number of primary amides is 1. The number of nitrogens with zero attached hydrogens (tertiary/aromatic N) is 2. The molecular formula is C7H8N4O3. The van der Waals surface area contributed by atoms with Crippen LogP contribution in [0, 0.1) is 10.1 Å². The van der Waals surface area contributed by atoms with Crippen molar-refractivity contribution in [1.29, 1.82) is 0 Å². The van der Waals surface area contributed by atoms with Crippen molar-refractivity contribution in [3.8, 4) is 0 Å². The van der Waals surface area contributed by atoms with Gasteiger partial charge in [0, 0.05) is 5.92 Å². The van der Waals surface area contributed by atoms with Gasteiger partial charge >= 0.3 is 5.69 Å². The first-order valence-electron chi connectivity index (χ1n) is 4.13. The molecule has 14 heavy (non-hydrogen) atoms. The van der Waals surface area contributed by atoms with E-state index in [9.17, 15) is 14.9 Å². The van der Waals surface area contributed by atoms with Crippen LogP contribution in [0.1, 0.15) is 34.9 Å². The molecule has 0 atom stereocenters. The summed E-state index contributed by atoms with van der Waals surface area (Å²) in [6.07, 6.45) is 1.78. The second-order valence-electron chi connectivity index (χ2n) is 3.23. The molecule has 1 aromatic heterocycles. The second kappa shape index (κ2) is 2.79. The van der Waals surface area contributed by atoms with E-state index in [4.69, 9.17) is 5.73 Å². The van der Waals surface area contributed by atoms with E-state index in [2.05, 4.69) is 10.2 Å². The summed E-state index contributed by atoms with van der Waals surface area (Å²) in [6, 6.07) is 0. The van der Waals surface area contributed by atoms with E-state index in [1.54, 1.807) is 0 Å². The van der Waals surface area contributed by atoms with Crippen LogP contribution in [-0.2, 0) is 0 Å². The molecule has 0 bridgehead atoms. The number of carbonyl (C=O) groups is 1. The maximum atomic E-state index is 10.8. The van der Waals surface area contributed by atoms with Gasteiger partial charge in [0.05, 0.1) is 4.92 Å². The van der Waals surface area contributed by atoms with Gasteiger partial charge in [-0.1, -0.05) is 0 Å². The third-order valence-electron chi connectivity index (χ3n) is 2.17. The van der Waals surface area contributed by atoms with E-state index in [1.807, 2.05) is 0 Å². The first-order valence-corrected chi connectivity index (χ1v) is 4.13. The maximum Gasteiger partial charge on any atom is 0.323 e. The number of nitrogens with one attached hydrogen (secondary N) is 1. The smallest absolute Gasteiger partial charge is 0.323 e. The molecular weight excluding hydrogens is 188 g/mol. The van der Waals surface area contributed by atoms with Crippen LogP contribution < -0.4 is 5.73 Å². The van der Waals surface area contributed by atoms with Crippen molar-refractivity contribution in [2.24, 2.45) is 5.73 Å². The van der Waals surface area contributed by atoms with Gasteiger partial charge in [-0.3, -0.25) is 20.0 Å². The molecule has 0 aromatic carbocycles. The predicted octanol–water partition coefficient (Wildman–Crippen LogP) is 0.294. The highest BCUT2D eigenvalue weighted by Crippen LogP contribution is 2.43. The van der Waals surface area contributed by atoms with Crippen LogP contribution in [0.3, 0.4) is 0 Å². The number of hydrogen-bond donors (Lipinski definition) is 2. The second-order valence-corrected chi connectivity index (χ2v) is 3.23. The molecule has 0 spiro atoms. The minimum Gasteiger partial charge on any atom is -0.364 e. The van der Waals surface area contributed by atoms with Gasteiger partial charge < -0.3 is 5.73 Å². The third kappa shape index (κ3) is 1.22. The Labute approximate surface area is 78.4 Å². The highest BCUT2D eigenvalue weighted by Gasteiger charge is 2.37. The molecule has 0 unspecified atom stereocenters. The van der Waals surface area contributed by atoms with Crippen molar-refractivity contribution in [3.63, 3.8) is 0 Å². The Kier molecular flexibility index (Phi) is 1.73. The molecule has 1 fully saturated rings. The van der Waals surface area contributed by atoms with E-state index in [1.165, 1.54) is 0 Å². The first kappa shape index (κ1) is 8.67. The molecule has 0 aliphatic heterocycles. The Balaban J connectivity index is 2.51. The molecule has 0 radical (unpaired) electrons. The van der Waals surface area contributed by atoms with Crippen LogP contribution in [0.5, 0.6) is 0 Å². The molecule has 3 N–H and O–H groups in total. The minimum atomic E-state index is -0.875. The summed E-state index contributed by atoms with van der Waals surface area (Å²) in [5, 5.41) is 16.7. The van der Waals surface area contributed by atoms with Gasteiger partial charge in [0.25, 0.3) is 5.91 Å². The molecule has 1 saturated carbocycles. The van der Waals surface area contributed by atoms with Crippen LogP contribution in [0.2, 0.25) is 0 Å². The summed E-state index contributed by atoms with van der Waals surface area (Å²) >= 11 is 0. The first-order chi connectivity index (χ1) is 6.61. The molecule has 0 saturated heterocycles. The fourth-order valence-electron chi connectivity index (χ4n) is 1.36. The van der Waals surface area contributed by atoms with Gasteiger partial charge in [-0.25, -0.2) is 0 Å². The minimum absolute atomic E-state index is 0.135. The van der Waals surface area contributed by atoms with Crippen molar-refractivity contribution >= 4 is 11.6 Å². The van der Waals surface area contributed by atoms with Crippen molar-refractivity contribution in [2.45, 2.75) is 18.8 Å². The predicted molar refractivity (Wildman–Crippen MR) is 45.7 cm³/mol. The van der Waals surface area contributed by atoms with E-state index in [-0.39, 0.29) is 17.3 Å². The zero-order valence-corrected chi connectivity index (χ0v) is 7.19. The summed E-state index contributed by atoms with van der Waals surface area (Å²) in [5.41, 5.74) is 4.84. The lowest BCUT2D eigenvalue weighted by atomic mass is 10.2. The fraction of sp³-hybridized carbons (Fsp3) is 0.429. The quantitative estimate of drug-likeness (QED) is 0.534. The zero-order chi connectivity index (χ0) is 10.3. The lowest BCUT2D eigenvalue weighted by molar-refractivity contribution is -0.385. The number of rotatable bonds is 3. The summed E-state index contributed by atoms with van der Waals surface area (Å²) in [7, 11) is 0. The van der Waals surface area contributed by atoms with Gasteiger partial charge in [-0.15, -0.1) is 0 Å². The zero-order valence-electron chi connectivity index (χ0n) is 7.19. The Morgan fingerprint density at radius 3 is 2.71 bits per heavy atom. The number of aromatic nitrogens is 2. The summed E-state index contributed by atoms with van der Waals surface area (Å²) in [4.78, 5) is 20.9. The van der Waals surface area contributed by atoms with Crippen LogP contribution >= 0.6 is 0 Å². The third-order valence-corrected chi connectivity index (χ3v) is 2.17. The van der Waals surface area contributed by atoms with Gasteiger partial charge in [0.15, 0.2) is 0 Å². The monoisotopic (exact) mass is 196 g/mol. The largest absolute Gasteiger partial charge is 0.364 e. The van der Waals surface area contributed by atoms with Crippen LogP contribution in [0.15, 0.2) is 0 Å². The van der Waals surface area contributed by atoms with Gasteiger partial charge in [-0.05, 0) is 12.8 Å². The molecule has 1 aliphatic carbocycles. The van der Waals surface area contributed by atoms with E-state index in [0.717, 1.165) is 12.8 Å². The van der Waals surface area contributed by atoms with Crippen LogP contribution in [0.4, 0.5) is 5.69 Å². The van der Waals surface area contributed by atoms with E-state index >= 15 is 0 Å². The molecule has 1 heterocycles. The Hall–Kier alpha value is -1.92. The van der Waals surface area contributed by atoms with Crippen LogP contribution in [0.25, 0.3) is 0 Å². The van der Waals surface area contributed by atoms with Crippen LogP contribution in [-0.4, -0.2) is 21.0 Å². The molecule has 2 rings (SSSR count). The molecule has 1 aromatic rings. The highest BCUT2D eigenvalue weighted by molar-refractivity contribution is 5.95. The Morgan fingerprint density at radius 2 is 2.29 bits per heavy atom. The molecule has 7 nitrogen and oxygen atoms in total. The van der Waals surface area contributed by atoms with Gasteiger partial charge in [0.2, 0.25) is 5.69 Å². The molecule has 74 valence electrons. The number of nitrogens with two attached hydrogens (primary N) is 1. The number of amides is 1. The topological polar surface area (TPSA) is 115 Å². The summed E-state index contributed by atoms with van der Waals surface area (Å²) in [5.74, 6) is -0.740. The average Bonchev–Trinajstić information content (AvgIpc) is 2.83. The summed E-state index contributed by atoms with van der Waals surface area (Å²) in [6.45, 7) is 0. The van der Waals surface area contributed by atoms with Crippen molar-refractivity contribution in [2.75, 3.05) is 0 Å². The molecule has 1 amide bonds. The van der Waals surface area contributed by atoms with Gasteiger partial charge in [0.1, 0.15) is 5.69 Å². The normalized spacial score (nSPS) is 15.4. The molecule has 7 heteroatoms. The van der Waals surface area contributed by atoms with Crippen molar-refractivity contribution in [1.82, 2.24) is 10.2 Å². The Morgan fingerprint density at radius 1 is 1.64 bits per heavy atom. The van der Waals surface area contributed by atoms with Crippen molar-refractivity contribution < 1.29 is 9.72 Å². The number of nitro groups is 1. The maximum absolute atomic E-state index is 10.8. The molecule has 1 aliphatic rings. The summed E-state index contributed by atoms with van der Waals surface area (Å²) < 4.78 is 0. The number of carbonyl (C=O) groups excluding carboxylic acids is 1. The average molecular weight is 196 g/mol. The Bertz CT molecular complexity index is 407. The highest BCUT2D eigenvalue weighted by atomic mass is 16.6. The standard InChI is InChI=1S/C7H8N4O3/c8-7(12)5-6(11(13)14)4(9-10-5)3-1-2-3/h3H,1-2H2,(H2,8,12)(H,9,10). The number of aromatic amines is 1. The SMILES string of the molecule is NC(=O)c1n[nH]c(C2CC2)c1[N+](=O)[O-]. The lowest BCUT2D eigenvalue weighted by Gasteiger charge is -1.92. The fourth-order valence-corrected chi connectivity index (χ4v) is 1.36. The van der Waals surface area contributed by atoms with Crippen molar-refractivity contribution in [3.05, 3.63) is 21.5 Å².